The van der Waals surface area contributed by atoms with Gasteiger partial charge in [-0.1, -0.05) is 54.9 Å². The van der Waals surface area contributed by atoms with Crippen LogP contribution in [0.15, 0.2) is 57.9 Å². The second-order valence-electron chi connectivity index (χ2n) is 6.90. The van der Waals surface area contributed by atoms with E-state index in [-0.39, 0.29) is 10.8 Å². The van der Waals surface area contributed by atoms with Gasteiger partial charge in [0.2, 0.25) is 15.8 Å². The molecule has 1 heterocycles. The summed E-state index contributed by atoms with van der Waals surface area (Å²) in [6.45, 7) is 6.52. The van der Waals surface area contributed by atoms with Gasteiger partial charge in [0.15, 0.2) is 0 Å². The average molecular weight is 385 g/mol. The number of hydrogen-bond donors (Lipinski definition) is 1. The number of aromatic nitrogens is 2. The van der Waals surface area contributed by atoms with Crippen LogP contribution in [0.1, 0.15) is 25.8 Å². The molecule has 0 radical (unpaired) electrons. The lowest BCUT2D eigenvalue weighted by Gasteiger charge is -2.08. The van der Waals surface area contributed by atoms with E-state index in [1.807, 2.05) is 31.2 Å². The molecule has 2 aromatic carbocycles. The Morgan fingerprint density at radius 1 is 1.07 bits per heavy atom. The molecule has 1 N–H and O–H groups in total. The van der Waals surface area contributed by atoms with E-state index in [2.05, 4.69) is 28.7 Å². The average Bonchev–Trinajstić information content (AvgIpc) is 3.12. The summed E-state index contributed by atoms with van der Waals surface area (Å²) in [5.41, 5.74) is 2.55. The van der Waals surface area contributed by atoms with Crippen molar-refractivity contribution in [2.45, 2.75) is 32.1 Å². The molecule has 0 aliphatic rings. The van der Waals surface area contributed by atoms with Crippen molar-refractivity contribution in [3.05, 3.63) is 54.1 Å². The largest absolute Gasteiger partial charge is 0.334 e. The van der Waals surface area contributed by atoms with Crippen molar-refractivity contribution in [2.24, 2.45) is 5.92 Å². The number of hydrogen-bond acceptors (Lipinski definition) is 5. The predicted octanol–water partition coefficient (Wildman–Crippen LogP) is 4.04. The Labute approximate surface area is 159 Å². The molecule has 0 amide bonds. The fraction of sp³-hybridized carbons (Fsp3) is 0.300. The first-order chi connectivity index (χ1) is 12.8. The van der Waals surface area contributed by atoms with E-state index in [9.17, 15) is 8.42 Å². The molecule has 0 atom stereocenters. The Balaban J connectivity index is 1.82. The molecule has 3 aromatic rings. The second-order valence-corrected chi connectivity index (χ2v) is 8.66. The van der Waals surface area contributed by atoms with Crippen LogP contribution in [0.3, 0.4) is 0 Å². The fourth-order valence-corrected chi connectivity index (χ4v) is 3.62. The zero-order chi connectivity index (χ0) is 19.4. The molecule has 0 bridgehead atoms. The Morgan fingerprint density at radius 3 is 2.52 bits per heavy atom. The lowest BCUT2D eigenvalue weighted by atomic mass is 10.1. The minimum atomic E-state index is -3.58. The first-order valence-electron chi connectivity index (χ1n) is 8.86. The SMILES string of the molecule is Cc1ccc(-c2noc(-c3cccc(S(=O)(=O)NCCC(C)C)c3)n2)cc1. The Kier molecular flexibility index (Phi) is 5.72. The van der Waals surface area contributed by atoms with Crippen LogP contribution in [0.2, 0.25) is 0 Å². The van der Waals surface area contributed by atoms with Crippen LogP contribution in [0.4, 0.5) is 0 Å². The summed E-state index contributed by atoms with van der Waals surface area (Å²) in [4.78, 5) is 4.58. The zero-order valence-corrected chi connectivity index (χ0v) is 16.5. The summed E-state index contributed by atoms with van der Waals surface area (Å²) in [6.07, 6.45) is 0.780. The highest BCUT2D eigenvalue weighted by atomic mass is 32.2. The lowest BCUT2D eigenvalue weighted by Crippen LogP contribution is -2.25. The maximum Gasteiger partial charge on any atom is 0.258 e. The first kappa shape index (κ1) is 19.3. The molecule has 0 fully saturated rings. The van der Waals surface area contributed by atoms with Gasteiger partial charge in [0, 0.05) is 17.7 Å². The molecular formula is C20H23N3O3S. The zero-order valence-electron chi connectivity index (χ0n) is 15.6. The van der Waals surface area contributed by atoms with E-state index in [0.29, 0.717) is 23.9 Å². The van der Waals surface area contributed by atoms with E-state index in [1.165, 1.54) is 0 Å². The molecule has 0 aliphatic carbocycles. The Hall–Kier alpha value is -2.51. The first-order valence-corrected chi connectivity index (χ1v) is 10.3. The molecule has 3 rings (SSSR count). The van der Waals surface area contributed by atoms with Gasteiger partial charge in [-0.05, 0) is 37.5 Å². The number of sulfonamides is 1. The van der Waals surface area contributed by atoms with Crippen molar-refractivity contribution in [1.82, 2.24) is 14.9 Å². The van der Waals surface area contributed by atoms with Gasteiger partial charge in [-0.25, -0.2) is 13.1 Å². The van der Waals surface area contributed by atoms with Gasteiger partial charge in [-0.3, -0.25) is 0 Å². The third-order valence-corrected chi connectivity index (χ3v) is 5.60. The standard InChI is InChI=1S/C20H23N3O3S/c1-14(2)11-12-21-27(24,25)18-6-4-5-17(13-18)20-22-19(23-26-20)16-9-7-15(3)8-10-16/h4-10,13-14,21H,11-12H2,1-3H3. The lowest BCUT2D eigenvalue weighted by molar-refractivity contribution is 0.432. The van der Waals surface area contributed by atoms with Crippen molar-refractivity contribution in [3.63, 3.8) is 0 Å². The molecule has 27 heavy (non-hydrogen) atoms. The van der Waals surface area contributed by atoms with Gasteiger partial charge < -0.3 is 4.52 Å². The van der Waals surface area contributed by atoms with Crippen molar-refractivity contribution in [2.75, 3.05) is 6.54 Å². The summed E-state index contributed by atoms with van der Waals surface area (Å²) >= 11 is 0. The van der Waals surface area contributed by atoms with Crippen molar-refractivity contribution < 1.29 is 12.9 Å². The molecule has 142 valence electrons. The van der Waals surface area contributed by atoms with Crippen LogP contribution in [0, 0.1) is 12.8 Å². The van der Waals surface area contributed by atoms with Crippen molar-refractivity contribution >= 4 is 10.0 Å². The summed E-state index contributed by atoms with van der Waals surface area (Å²) < 4.78 is 32.9. The number of rotatable bonds is 7. The minimum Gasteiger partial charge on any atom is -0.334 e. The minimum absolute atomic E-state index is 0.179. The van der Waals surface area contributed by atoms with Crippen molar-refractivity contribution in [3.8, 4) is 22.8 Å². The number of nitrogens with zero attached hydrogens (tertiary/aromatic N) is 2. The predicted molar refractivity (Wildman–Crippen MR) is 105 cm³/mol. The van der Waals surface area contributed by atoms with E-state index >= 15 is 0 Å². The number of benzene rings is 2. The molecule has 0 saturated carbocycles. The fourth-order valence-electron chi connectivity index (χ4n) is 2.52. The van der Waals surface area contributed by atoms with E-state index in [1.54, 1.807) is 24.3 Å². The molecule has 6 nitrogen and oxygen atoms in total. The van der Waals surface area contributed by atoms with Crippen molar-refractivity contribution in [1.29, 1.82) is 0 Å². The number of nitrogens with one attached hydrogen (secondary N) is 1. The molecule has 0 unspecified atom stereocenters. The molecule has 0 spiro atoms. The highest BCUT2D eigenvalue weighted by molar-refractivity contribution is 7.89. The summed E-state index contributed by atoms with van der Waals surface area (Å²) in [7, 11) is -3.58. The maximum atomic E-state index is 12.5. The summed E-state index contributed by atoms with van der Waals surface area (Å²) in [5.74, 6) is 1.18. The summed E-state index contributed by atoms with van der Waals surface area (Å²) in [5, 5.41) is 4.00. The maximum absolute atomic E-state index is 12.5. The third-order valence-electron chi connectivity index (χ3n) is 4.14. The Morgan fingerprint density at radius 2 is 1.81 bits per heavy atom. The normalized spacial score (nSPS) is 11.9. The molecule has 7 heteroatoms. The van der Waals surface area contributed by atoms with Gasteiger partial charge in [0.25, 0.3) is 5.89 Å². The van der Waals surface area contributed by atoms with E-state index in [0.717, 1.165) is 17.5 Å². The van der Waals surface area contributed by atoms with E-state index < -0.39 is 10.0 Å². The quantitative estimate of drug-likeness (QED) is 0.663. The molecule has 0 aliphatic heterocycles. The smallest absolute Gasteiger partial charge is 0.258 e. The monoisotopic (exact) mass is 385 g/mol. The molecule has 1 aromatic heterocycles. The second kappa shape index (κ2) is 8.02. The molecule has 0 saturated heterocycles. The van der Waals surface area contributed by atoms with Crippen LogP contribution in [0.25, 0.3) is 22.8 Å². The third kappa shape index (κ3) is 4.81. The van der Waals surface area contributed by atoms with Gasteiger partial charge in [-0.15, -0.1) is 0 Å². The summed E-state index contributed by atoms with van der Waals surface area (Å²) in [6, 6.07) is 14.3. The van der Waals surface area contributed by atoms with Gasteiger partial charge in [-0.2, -0.15) is 4.98 Å². The molecular weight excluding hydrogens is 362 g/mol. The van der Waals surface area contributed by atoms with Gasteiger partial charge in [0.05, 0.1) is 4.90 Å². The van der Waals surface area contributed by atoms with Crippen LogP contribution < -0.4 is 4.72 Å². The van der Waals surface area contributed by atoms with E-state index in [4.69, 9.17) is 4.52 Å². The van der Waals surface area contributed by atoms with Gasteiger partial charge >= 0.3 is 0 Å². The van der Waals surface area contributed by atoms with Crippen LogP contribution in [-0.4, -0.2) is 25.1 Å². The van der Waals surface area contributed by atoms with Crippen LogP contribution >= 0.6 is 0 Å². The highest BCUT2D eigenvalue weighted by Gasteiger charge is 2.17. The topological polar surface area (TPSA) is 85.1 Å². The van der Waals surface area contributed by atoms with Crippen LogP contribution in [-0.2, 0) is 10.0 Å². The highest BCUT2D eigenvalue weighted by Crippen LogP contribution is 2.24. The van der Waals surface area contributed by atoms with Gasteiger partial charge in [0.1, 0.15) is 0 Å². The number of aryl methyl sites for hydroxylation is 1. The van der Waals surface area contributed by atoms with Crippen LogP contribution in [0.5, 0.6) is 0 Å². The Bertz CT molecular complexity index is 1010.